The van der Waals surface area contributed by atoms with Crippen molar-refractivity contribution in [3.63, 3.8) is 0 Å². The minimum atomic E-state index is -0.421. The quantitative estimate of drug-likeness (QED) is 0.702. The second-order valence-corrected chi connectivity index (χ2v) is 7.04. The van der Waals surface area contributed by atoms with Crippen molar-refractivity contribution in [1.29, 1.82) is 0 Å². The first-order valence-corrected chi connectivity index (χ1v) is 9.40. The van der Waals surface area contributed by atoms with Crippen molar-refractivity contribution in [1.82, 2.24) is 9.80 Å². The summed E-state index contributed by atoms with van der Waals surface area (Å²) in [7, 11) is 0. The van der Waals surface area contributed by atoms with E-state index in [9.17, 15) is 14.0 Å². The van der Waals surface area contributed by atoms with Crippen LogP contribution in [-0.4, -0.2) is 47.8 Å². The Balaban J connectivity index is 1.36. The number of fused-ring (bicyclic) bond motifs is 1. The molecular weight excluding hydrogens is 355 g/mol. The van der Waals surface area contributed by atoms with Crippen molar-refractivity contribution < 1.29 is 14.0 Å². The van der Waals surface area contributed by atoms with E-state index in [-0.39, 0.29) is 11.8 Å². The van der Waals surface area contributed by atoms with E-state index >= 15 is 0 Å². The van der Waals surface area contributed by atoms with Gasteiger partial charge in [0.25, 0.3) is 5.91 Å². The molecule has 0 spiro atoms. The fourth-order valence-corrected chi connectivity index (χ4v) is 3.60. The molecule has 142 valence electrons. The van der Waals surface area contributed by atoms with Crippen molar-refractivity contribution in [2.24, 2.45) is 0 Å². The van der Waals surface area contributed by atoms with Gasteiger partial charge < -0.3 is 9.80 Å². The van der Waals surface area contributed by atoms with Gasteiger partial charge in [-0.05, 0) is 34.5 Å². The van der Waals surface area contributed by atoms with E-state index < -0.39 is 5.82 Å². The summed E-state index contributed by atoms with van der Waals surface area (Å²) in [6.45, 7) is 1.90. The zero-order valence-corrected chi connectivity index (χ0v) is 15.5. The Labute approximate surface area is 163 Å². The van der Waals surface area contributed by atoms with E-state index in [1.807, 2.05) is 30.3 Å². The predicted octanol–water partition coefficient (Wildman–Crippen LogP) is 3.51. The smallest absolute Gasteiger partial charge is 0.254 e. The minimum Gasteiger partial charge on any atom is -0.339 e. The number of carbonyl (C=O) groups is 2. The molecule has 4 nitrogen and oxygen atoms in total. The maximum Gasteiger partial charge on any atom is 0.254 e. The van der Waals surface area contributed by atoms with Crippen molar-refractivity contribution in [2.75, 3.05) is 26.2 Å². The third-order valence-corrected chi connectivity index (χ3v) is 5.16. The average Bonchev–Trinajstić information content (AvgIpc) is 2.73. The lowest BCUT2D eigenvalue weighted by Gasteiger charge is -2.35. The van der Waals surface area contributed by atoms with E-state index in [2.05, 4.69) is 12.1 Å². The Kier molecular flexibility index (Phi) is 5.06. The number of carbonyl (C=O) groups excluding carboxylic acids is 2. The van der Waals surface area contributed by atoms with Crippen molar-refractivity contribution in [2.45, 2.75) is 6.42 Å². The van der Waals surface area contributed by atoms with Crippen LogP contribution in [0.3, 0.4) is 0 Å². The van der Waals surface area contributed by atoms with Gasteiger partial charge >= 0.3 is 0 Å². The molecule has 5 heteroatoms. The number of piperazine rings is 1. The zero-order chi connectivity index (χ0) is 19.5. The van der Waals surface area contributed by atoms with Crippen LogP contribution in [0.15, 0.2) is 66.7 Å². The molecule has 1 fully saturated rings. The first-order chi connectivity index (χ1) is 13.6. The van der Waals surface area contributed by atoms with Gasteiger partial charge in [0, 0.05) is 31.7 Å². The highest BCUT2D eigenvalue weighted by molar-refractivity contribution is 5.94. The summed E-state index contributed by atoms with van der Waals surface area (Å²) >= 11 is 0. The molecule has 0 atom stereocenters. The van der Waals surface area contributed by atoms with Crippen LogP contribution in [0.1, 0.15) is 15.9 Å². The summed E-state index contributed by atoms with van der Waals surface area (Å²) < 4.78 is 13.3. The normalized spacial score (nSPS) is 14.3. The van der Waals surface area contributed by atoms with Crippen LogP contribution in [0, 0.1) is 5.82 Å². The SMILES string of the molecule is O=C(Cc1ccc2ccccc2c1)N1CCN(C(=O)c2cccc(F)c2)CC1. The third kappa shape index (κ3) is 3.88. The van der Waals surface area contributed by atoms with E-state index in [0.29, 0.717) is 38.2 Å². The number of nitrogens with zero attached hydrogens (tertiary/aromatic N) is 2. The fraction of sp³-hybridized carbons (Fsp3) is 0.217. The van der Waals surface area contributed by atoms with Gasteiger partial charge in [-0.2, -0.15) is 0 Å². The average molecular weight is 376 g/mol. The highest BCUT2D eigenvalue weighted by atomic mass is 19.1. The molecule has 1 aliphatic heterocycles. The van der Waals surface area contributed by atoms with Crippen LogP contribution in [0.5, 0.6) is 0 Å². The Hall–Kier alpha value is -3.21. The van der Waals surface area contributed by atoms with Crippen LogP contribution in [0.2, 0.25) is 0 Å². The number of benzene rings is 3. The summed E-state index contributed by atoms with van der Waals surface area (Å²) in [6, 6.07) is 19.9. The molecule has 28 heavy (non-hydrogen) atoms. The Bertz CT molecular complexity index is 1030. The molecule has 0 radical (unpaired) electrons. The first kappa shape index (κ1) is 18.2. The summed E-state index contributed by atoms with van der Waals surface area (Å²) in [5, 5.41) is 2.28. The summed E-state index contributed by atoms with van der Waals surface area (Å²) in [6.07, 6.45) is 0.350. The lowest BCUT2D eigenvalue weighted by Crippen LogP contribution is -2.51. The summed E-state index contributed by atoms with van der Waals surface area (Å²) in [5.41, 5.74) is 1.33. The van der Waals surface area contributed by atoms with E-state index in [4.69, 9.17) is 0 Å². The van der Waals surface area contributed by atoms with Gasteiger partial charge in [0.15, 0.2) is 0 Å². The zero-order valence-electron chi connectivity index (χ0n) is 15.5. The number of hydrogen-bond acceptors (Lipinski definition) is 2. The maximum absolute atomic E-state index is 13.3. The molecule has 0 unspecified atom stereocenters. The molecule has 0 aromatic heterocycles. The maximum atomic E-state index is 13.3. The lowest BCUT2D eigenvalue weighted by atomic mass is 10.0. The van der Waals surface area contributed by atoms with Crippen LogP contribution < -0.4 is 0 Å². The first-order valence-electron chi connectivity index (χ1n) is 9.40. The number of rotatable bonds is 3. The van der Waals surface area contributed by atoms with Gasteiger partial charge in [-0.15, -0.1) is 0 Å². The number of hydrogen-bond donors (Lipinski definition) is 0. The van der Waals surface area contributed by atoms with Gasteiger partial charge in [-0.25, -0.2) is 4.39 Å². The number of halogens is 1. The van der Waals surface area contributed by atoms with Crippen LogP contribution >= 0.6 is 0 Å². The molecule has 1 aliphatic rings. The van der Waals surface area contributed by atoms with Crippen molar-refractivity contribution in [3.8, 4) is 0 Å². The molecule has 0 aliphatic carbocycles. The summed E-state index contributed by atoms with van der Waals surface area (Å²) in [5.74, 6) is -0.552. The molecule has 1 saturated heterocycles. The minimum absolute atomic E-state index is 0.0631. The van der Waals surface area contributed by atoms with E-state index in [1.165, 1.54) is 18.2 Å². The second-order valence-electron chi connectivity index (χ2n) is 7.04. The Morgan fingerprint density at radius 2 is 1.50 bits per heavy atom. The van der Waals surface area contributed by atoms with Crippen molar-refractivity contribution >= 4 is 22.6 Å². The third-order valence-electron chi connectivity index (χ3n) is 5.16. The Morgan fingerprint density at radius 1 is 0.786 bits per heavy atom. The molecule has 0 bridgehead atoms. The fourth-order valence-electron chi connectivity index (χ4n) is 3.60. The molecule has 3 aromatic rings. The largest absolute Gasteiger partial charge is 0.339 e. The van der Waals surface area contributed by atoms with Crippen molar-refractivity contribution in [3.05, 3.63) is 83.7 Å². The van der Waals surface area contributed by atoms with E-state index in [1.54, 1.807) is 15.9 Å². The van der Waals surface area contributed by atoms with Crippen LogP contribution in [-0.2, 0) is 11.2 Å². The predicted molar refractivity (Wildman–Crippen MR) is 107 cm³/mol. The van der Waals surface area contributed by atoms with Crippen LogP contribution in [0.4, 0.5) is 4.39 Å². The topological polar surface area (TPSA) is 40.6 Å². The van der Waals surface area contributed by atoms with Gasteiger partial charge in [0.05, 0.1) is 6.42 Å². The van der Waals surface area contributed by atoms with Gasteiger partial charge in [0.2, 0.25) is 5.91 Å². The molecule has 3 aromatic carbocycles. The molecule has 4 rings (SSSR count). The van der Waals surface area contributed by atoms with Crippen LogP contribution in [0.25, 0.3) is 10.8 Å². The van der Waals surface area contributed by atoms with Gasteiger partial charge in [-0.1, -0.05) is 48.5 Å². The van der Waals surface area contributed by atoms with Gasteiger partial charge in [0.1, 0.15) is 5.82 Å². The lowest BCUT2D eigenvalue weighted by molar-refractivity contribution is -0.131. The highest BCUT2D eigenvalue weighted by Crippen LogP contribution is 2.17. The van der Waals surface area contributed by atoms with Gasteiger partial charge in [-0.3, -0.25) is 9.59 Å². The molecule has 2 amide bonds. The van der Waals surface area contributed by atoms with E-state index in [0.717, 1.165) is 16.3 Å². The molecule has 0 N–H and O–H groups in total. The molecular formula is C23H21FN2O2. The standard InChI is InChI=1S/C23H21FN2O2/c24-21-7-3-6-20(16-21)23(28)26-12-10-25(11-13-26)22(27)15-17-8-9-18-4-1-2-5-19(18)14-17/h1-9,14,16H,10-13,15H2. The summed E-state index contributed by atoms with van der Waals surface area (Å²) in [4.78, 5) is 28.6. The Morgan fingerprint density at radius 3 is 2.25 bits per heavy atom. The monoisotopic (exact) mass is 376 g/mol. The number of amides is 2. The molecule has 0 saturated carbocycles. The highest BCUT2D eigenvalue weighted by Gasteiger charge is 2.25. The second kappa shape index (κ2) is 7.80. The molecule has 1 heterocycles.